The first-order valence-electron chi connectivity index (χ1n) is 8.94. The van der Waals surface area contributed by atoms with E-state index in [0.717, 1.165) is 41.5 Å². The third kappa shape index (κ3) is 2.56. The zero-order valence-electron chi connectivity index (χ0n) is 14.9. The molecule has 1 aliphatic heterocycles. The van der Waals surface area contributed by atoms with Gasteiger partial charge in [0.25, 0.3) is 0 Å². The molecule has 5 heteroatoms. The maximum absolute atomic E-state index is 6.26. The zero-order valence-corrected chi connectivity index (χ0v) is 15.6. The number of halogens is 1. The predicted molar refractivity (Wildman–Crippen MR) is 110 cm³/mol. The molecule has 0 spiro atoms. The monoisotopic (exact) mass is 375 g/mol. The van der Waals surface area contributed by atoms with Gasteiger partial charge in [0.1, 0.15) is 17.3 Å². The van der Waals surface area contributed by atoms with Gasteiger partial charge >= 0.3 is 0 Å². The smallest absolute Gasteiger partial charge is 0.144 e. The molecule has 4 nitrogen and oxygen atoms in total. The first-order chi connectivity index (χ1) is 13.3. The van der Waals surface area contributed by atoms with Crippen LogP contribution < -0.4 is 10.1 Å². The molecule has 0 fully saturated rings. The van der Waals surface area contributed by atoms with Crippen molar-refractivity contribution in [3.8, 4) is 22.7 Å². The van der Waals surface area contributed by atoms with Gasteiger partial charge in [0.05, 0.1) is 12.8 Å². The van der Waals surface area contributed by atoms with E-state index in [1.807, 2.05) is 22.9 Å². The molecule has 0 radical (unpaired) electrons. The van der Waals surface area contributed by atoms with Gasteiger partial charge in [-0.05, 0) is 35.4 Å². The molecule has 1 N–H and O–H groups in total. The van der Waals surface area contributed by atoms with Crippen LogP contribution in [0.1, 0.15) is 5.56 Å². The van der Waals surface area contributed by atoms with Crippen molar-refractivity contribution in [2.45, 2.75) is 6.42 Å². The Morgan fingerprint density at radius 1 is 1.07 bits per heavy atom. The molecule has 0 saturated heterocycles. The number of aromatic nitrogens is 2. The third-order valence-corrected chi connectivity index (χ3v) is 5.30. The summed E-state index contributed by atoms with van der Waals surface area (Å²) in [6.45, 7) is 0.897. The SMILES string of the molecule is COc1ccc(Cl)cc1-n1nc(-c2cccc3ccccc23)c2c1NCC2. The molecule has 0 saturated carbocycles. The quantitative estimate of drug-likeness (QED) is 0.526. The van der Waals surface area contributed by atoms with Crippen LogP contribution in [0.4, 0.5) is 5.82 Å². The summed E-state index contributed by atoms with van der Waals surface area (Å²) in [5.41, 5.74) is 4.22. The average molecular weight is 376 g/mol. The number of methoxy groups -OCH3 is 1. The van der Waals surface area contributed by atoms with Crippen molar-refractivity contribution in [1.82, 2.24) is 9.78 Å². The first kappa shape index (κ1) is 16.2. The van der Waals surface area contributed by atoms with Crippen LogP contribution >= 0.6 is 11.6 Å². The number of hydrogen-bond acceptors (Lipinski definition) is 3. The van der Waals surface area contributed by atoms with Crippen LogP contribution in [0, 0.1) is 0 Å². The minimum atomic E-state index is 0.653. The van der Waals surface area contributed by atoms with E-state index >= 15 is 0 Å². The van der Waals surface area contributed by atoms with Crippen LogP contribution in [0.5, 0.6) is 5.75 Å². The summed E-state index contributed by atoms with van der Waals surface area (Å²) in [6.07, 6.45) is 0.941. The number of benzene rings is 3. The van der Waals surface area contributed by atoms with Crippen molar-refractivity contribution in [3.63, 3.8) is 0 Å². The molecular formula is C22H18ClN3O. The van der Waals surface area contributed by atoms with Crippen molar-refractivity contribution >= 4 is 28.2 Å². The number of nitrogens with one attached hydrogen (secondary N) is 1. The summed E-state index contributed by atoms with van der Waals surface area (Å²) in [6, 6.07) is 20.4. The maximum atomic E-state index is 6.26. The van der Waals surface area contributed by atoms with Gasteiger partial charge in [-0.1, -0.05) is 54.1 Å². The minimum Gasteiger partial charge on any atom is -0.494 e. The summed E-state index contributed by atoms with van der Waals surface area (Å²) >= 11 is 6.26. The summed E-state index contributed by atoms with van der Waals surface area (Å²) < 4.78 is 7.47. The summed E-state index contributed by atoms with van der Waals surface area (Å²) in [4.78, 5) is 0. The van der Waals surface area contributed by atoms with Crippen LogP contribution in [0.3, 0.4) is 0 Å². The maximum Gasteiger partial charge on any atom is 0.144 e. The van der Waals surface area contributed by atoms with Crippen LogP contribution in [-0.2, 0) is 6.42 Å². The molecule has 1 aliphatic rings. The van der Waals surface area contributed by atoms with Crippen LogP contribution in [0.15, 0.2) is 60.7 Å². The van der Waals surface area contributed by atoms with Gasteiger partial charge in [-0.25, -0.2) is 4.68 Å². The highest BCUT2D eigenvalue weighted by Crippen LogP contribution is 2.39. The normalized spacial score (nSPS) is 12.8. The Hall–Kier alpha value is -2.98. The lowest BCUT2D eigenvalue weighted by Crippen LogP contribution is -2.06. The Kier molecular flexibility index (Phi) is 3.80. The Bertz CT molecular complexity index is 1160. The van der Waals surface area contributed by atoms with Crippen LogP contribution in [-0.4, -0.2) is 23.4 Å². The second kappa shape index (κ2) is 6.32. The molecule has 0 aliphatic carbocycles. The minimum absolute atomic E-state index is 0.653. The molecule has 4 aromatic rings. The van der Waals surface area contributed by atoms with E-state index in [4.69, 9.17) is 21.4 Å². The zero-order chi connectivity index (χ0) is 18.4. The molecule has 3 aromatic carbocycles. The second-order valence-electron chi connectivity index (χ2n) is 6.61. The Labute approximate surface area is 162 Å². The van der Waals surface area contributed by atoms with Crippen molar-refractivity contribution in [1.29, 1.82) is 0 Å². The lowest BCUT2D eigenvalue weighted by molar-refractivity contribution is 0.412. The van der Waals surface area contributed by atoms with Gasteiger partial charge in [-0.2, -0.15) is 5.10 Å². The highest BCUT2D eigenvalue weighted by molar-refractivity contribution is 6.30. The topological polar surface area (TPSA) is 39.1 Å². The number of fused-ring (bicyclic) bond motifs is 2. The van der Waals surface area contributed by atoms with Crippen LogP contribution in [0.2, 0.25) is 5.02 Å². The van der Waals surface area contributed by atoms with Gasteiger partial charge in [-0.15, -0.1) is 0 Å². The molecule has 134 valence electrons. The average Bonchev–Trinajstić information content (AvgIpc) is 3.30. The first-order valence-corrected chi connectivity index (χ1v) is 9.32. The fourth-order valence-electron chi connectivity index (χ4n) is 3.83. The van der Waals surface area contributed by atoms with E-state index in [1.165, 1.54) is 16.3 Å². The lowest BCUT2D eigenvalue weighted by atomic mass is 9.99. The van der Waals surface area contributed by atoms with Gasteiger partial charge in [-0.3, -0.25) is 0 Å². The van der Waals surface area contributed by atoms with E-state index in [0.29, 0.717) is 5.02 Å². The molecule has 0 atom stereocenters. The van der Waals surface area contributed by atoms with E-state index in [1.54, 1.807) is 7.11 Å². The Morgan fingerprint density at radius 3 is 2.81 bits per heavy atom. The number of anilines is 1. The molecular weight excluding hydrogens is 358 g/mol. The summed E-state index contributed by atoms with van der Waals surface area (Å²) in [5.74, 6) is 1.75. The van der Waals surface area contributed by atoms with Gasteiger partial charge in [0.2, 0.25) is 0 Å². The molecule has 5 rings (SSSR count). The van der Waals surface area contributed by atoms with Crippen molar-refractivity contribution in [2.24, 2.45) is 0 Å². The third-order valence-electron chi connectivity index (χ3n) is 5.06. The largest absolute Gasteiger partial charge is 0.494 e. The van der Waals surface area contributed by atoms with E-state index in [2.05, 4.69) is 47.8 Å². The standard InChI is InChI=1S/C22H18ClN3O/c1-27-20-10-9-15(23)13-19(20)26-22-18(11-12-24-22)21(25-26)17-8-4-6-14-5-2-3-7-16(14)17/h2-10,13,24H,11-12H2,1H3. The number of hydrogen-bond donors (Lipinski definition) is 1. The van der Waals surface area contributed by atoms with Gasteiger partial charge in [0.15, 0.2) is 0 Å². The highest BCUT2D eigenvalue weighted by atomic mass is 35.5. The molecule has 0 bridgehead atoms. The highest BCUT2D eigenvalue weighted by Gasteiger charge is 2.26. The molecule has 1 aromatic heterocycles. The Morgan fingerprint density at radius 2 is 1.93 bits per heavy atom. The lowest BCUT2D eigenvalue weighted by Gasteiger charge is -2.11. The van der Waals surface area contributed by atoms with E-state index < -0.39 is 0 Å². The van der Waals surface area contributed by atoms with Crippen molar-refractivity contribution in [2.75, 3.05) is 19.0 Å². The fourth-order valence-corrected chi connectivity index (χ4v) is 3.99. The second-order valence-corrected chi connectivity index (χ2v) is 7.04. The molecule has 27 heavy (non-hydrogen) atoms. The van der Waals surface area contributed by atoms with E-state index in [-0.39, 0.29) is 0 Å². The van der Waals surface area contributed by atoms with Gasteiger partial charge < -0.3 is 10.1 Å². The number of ether oxygens (including phenoxy) is 1. The summed E-state index contributed by atoms with van der Waals surface area (Å²) in [7, 11) is 1.66. The molecule has 2 heterocycles. The predicted octanol–water partition coefficient (Wildman–Crippen LogP) is 5.32. The van der Waals surface area contributed by atoms with Gasteiger partial charge in [0, 0.05) is 22.7 Å². The molecule has 0 amide bonds. The van der Waals surface area contributed by atoms with E-state index in [9.17, 15) is 0 Å². The van der Waals surface area contributed by atoms with Crippen molar-refractivity contribution in [3.05, 3.63) is 71.2 Å². The van der Waals surface area contributed by atoms with Crippen molar-refractivity contribution < 1.29 is 4.74 Å². The number of nitrogens with zero attached hydrogens (tertiary/aromatic N) is 2. The Balaban J connectivity index is 1.78. The summed E-state index contributed by atoms with van der Waals surface area (Å²) in [5, 5.41) is 11.5. The number of rotatable bonds is 3. The van der Waals surface area contributed by atoms with Crippen LogP contribution in [0.25, 0.3) is 27.7 Å². The molecule has 0 unspecified atom stereocenters. The fraction of sp³-hybridized carbons (Fsp3) is 0.136.